The van der Waals surface area contributed by atoms with E-state index in [1.165, 1.54) is 25.7 Å². The van der Waals surface area contributed by atoms with Crippen molar-refractivity contribution in [3.8, 4) is 0 Å². The van der Waals surface area contributed by atoms with Crippen LogP contribution >= 0.6 is 0 Å². The van der Waals surface area contributed by atoms with E-state index in [-0.39, 0.29) is 0 Å². The minimum atomic E-state index is -0.724. The Bertz CT molecular complexity index is 425. The largest absolute Gasteiger partial charge is 0.481 e. The molecule has 0 amide bonds. The zero-order valence-corrected chi connectivity index (χ0v) is 15.8. The zero-order valence-electron chi connectivity index (χ0n) is 15.8. The molecule has 0 spiro atoms. The van der Waals surface area contributed by atoms with Gasteiger partial charge in [0.05, 0.1) is 5.41 Å². The number of carbonyl (C=O) groups is 1. The van der Waals surface area contributed by atoms with Gasteiger partial charge in [-0.05, 0) is 58.8 Å². The van der Waals surface area contributed by atoms with E-state index in [4.69, 9.17) is 5.11 Å². The third kappa shape index (κ3) is 14.0. The van der Waals surface area contributed by atoms with Crippen molar-refractivity contribution in [3.63, 3.8) is 0 Å². The molecule has 0 aliphatic carbocycles. The molecule has 0 aliphatic rings. The maximum Gasteiger partial charge on any atom is 0.309 e. The molecule has 2 nitrogen and oxygen atoms in total. The highest BCUT2D eigenvalue weighted by Gasteiger charge is 2.25. The third-order valence-corrected chi connectivity index (χ3v) is 3.97. The summed E-state index contributed by atoms with van der Waals surface area (Å²) >= 11 is 0. The van der Waals surface area contributed by atoms with Gasteiger partial charge in [0.15, 0.2) is 0 Å². The maximum atomic E-state index is 11.0. The molecule has 0 saturated heterocycles. The lowest BCUT2D eigenvalue weighted by atomic mass is 9.88. The summed E-state index contributed by atoms with van der Waals surface area (Å²) in [6.07, 6.45) is 27.0. The van der Waals surface area contributed by atoms with E-state index >= 15 is 0 Å². The second-order valence-electron chi connectivity index (χ2n) is 6.82. The lowest BCUT2D eigenvalue weighted by Crippen LogP contribution is -2.22. The molecule has 0 heterocycles. The Morgan fingerprint density at radius 1 is 0.792 bits per heavy atom. The van der Waals surface area contributed by atoms with Crippen LogP contribution in [0.4, 0.5) is 0 Å². The fraction of sp³-hybridized carbons (Fsp3) is 0.591. The highest BCUT2D eigenvalue weighted by atomic mass is 16.4. The van der Waals surface area contributed by atoms with Gasteiger partial charge in [-0.3, -0.25) is 4.79 Å². The van der Waals surface area contributed by atoms with Gasteiger partial charge in [-0.25, -0.2) is 0 Å². The van der Waals surface area contributed by atoms with Crippen LogP contribution in [0.5, 0.6) is 0 Å². The molecule has 24 heavy (non-hydrogen) atoms. The molecule has 0 rings (SSSR count). The van der Waals surface area contributed by atoms with Crippen LogP contribution in [-0.4, -0.2) is 11.1 Å². The van der Waals surface area contributed by atoms with E-state index in [2.05, 4.69) is 55.5 Å². The summed E-state index contributed by atoms with van der Waals surface area (Å²) < 4.78 is 0. The van der Waals surface area contributed by atoms with Crippen molar-refractivity contribution in [1.29, 1.82) is 0 Å². The number of carboxylic acids is 1. The third-order valence-electron chi connectivity index (χ3n) is 3.97. The van der Waals surface area contributed by atoms with Crippen LogP contribution in [0.15, 0.2) is 48.6 Å². The topological polar surface area (TPSA) is 37.3 Å². The number of hydrogen-bond acceptors (Lipinski definition) is 1. The first-order valence-corrected chi connectivity index (χ1v) is 9.34. The van der Waals surface area contributed by atoms with E-state index in [9.17, 15) is 4.79 Å². The van der Waals surface area contributed by atoms with Gasteiger partial charge in [-0.15, -0.1) is 0 Å². The molecule has 0 atom stereocenters. The van der Waals surface area contributed by atoms with Crippen LogP contribution in [0.3, 0.4) is 0 Å². The molecule has 0 radical (unpaired) electrons. The minimum Gasteiger partial charge on any atom is -0.481 e. The summed E-state index contributed by atoms with van der Waals surface area (Å²) in [5, 5.41) is 9.02. The second kappa shape index (κ2) is 15.0. The molecule has 0 aliphatic heterocycles. The fourth-order valence-corrected chi connectivity index (χ4v) is 2.11. The van der Waals surface area contributed by atoms with Gasteiger partial charge in [0.2, 0.25) is 0 Å². The van der Waals surface area contributed by atoms with Gasteiger partial charge in [-0.2, -0.15) is 0 Å². The summed E-state index contributed by atoms with van der Waals surface area (Å²) in [4.78, 5) is 11.0. The van der Waals surface area contributed by atoms with Crippen LogP contribution in [0.1, 0.15) is 78.6 Å². The Morgan fingerprint density at radius 3 is 1.71 bits per heavy atom. The van der Waals surface area contributed by atoms with Crippen molar-refractivity contribution in [3.05, 3.63) is 48.6 Å². The molecule has 2 heteroatoms. The van der Waals surface area contributed by atoms with Gasteiger partial charge in [0.1, 0.15) is 0 Å². The van der Waals surface area contributed by atoms with Gasteiger partial charge in [-0.1, -0.05) is 68.4 Å². The molecule has 0 aromatic rings. The number of rotatable bonds is 14. The first-order valence-electron chi connectivity index (χ1n) is 9.34. The first-order chi connectivity index (χ1) is 11.5. The number of aliphatic carboxylic acids is 1. The van der Waals surface area contributed by atoms with Crippen LogP contribution in [-0.2, 0) is 4.79 Å². The zero-order chi connectivity index (χ0) is 18.1. The SMILES string of the molecule is CCCCCC=CCC=CCC=CCC=CCCC(C)(C)C(=O)O. The van der Waals surface area contributed by atoms with Gasteiger partial charge >= 0.3 is 5.97 Å². The standard InChI is InChI=1S/C22H36O2/c1-4-5-6-7-8-9-10-11-12-13-14-15-16-17-18-19-20-22(2,3)21(23)24/h8-9,11-12,14-15,17-18H,4-7,10,13,16,19-20H2,1-3H3,(H,23,24). The van der Waals surface area contributed by atoms with Crippen molar-refractivity contribution in [2.45, 2.75) is 78.6 Å². The van der Waals surface area contributed by atoms with E-state index in [0.717, 1.165) is 25.7 Å². The highest BCUT2D eigenvalue weighted by molar-refractivity contribution is 5.73. The first kappa shape index (κ1) is 22.4. The molecule has 0 fully saturated rings. The Balaban J connectivity index is 3.60. The van der Waals surface area contributed by atoms with Crippen molar-refractivity contribution in [1.82, 2.24) is 0 Å². The minimum absolute atomic E-state index is 0.630. The van der Waals surface area contributed by atoms with E-state index in [0.29, 0.717) is 6.42 Å². The van der Waals surface area contributed by atoms with Crippen LogP contribution in [0.2, 0.25) is 0 Å². The molecular weight excluding hydrogens is 296 g/mol. The van der Waals surface area contributed by atoms with Crippen LogP contribution in [0.25, 0.3) is 0 Å². The van der Waals surface area contributed by atoms with Crippen molar-refractivity contribution in [2.75, 3.05) is 0 Å². The number of hydrogen-bond donors (Lipinski definition) is 1. The molecule has 0 aromatic heterocycles. The number of carboxylic acid groups (broad SMARTS) is 1. The number of allylic oxidation sites excluding steroid dienone is 8. The molecule has 0 saturated carbocycles. The average Bonchev–Trinajstić information content (AvgIpc) is 2.54. The van der Waals surface area contributed by atoms with E-state index in [1.54, 1.807) is 13.8 Å². The van der Waals surface area contributed by atoms with E-state index in [1.807, 2.05) is 0 Å². The Hall–Kier alpha value is -1.57. The molecule has 0 bridgehead atoms. The van der Waals surface area contributed by atoms with Crippen LogP contribution < -0.4 is 0 Å². The quantitative estimate of drug-likeness (QED) is 0.279. The van der Waals surface area contributed by atoms with Crippen molar-refractivity contribution < 1.29 is 9.90 Å². The van der Waals surface area contributed by atoms with Crippen molar-refractivity contribution in [2.24, 2.45) is 5.41 Å². The van der Waals surface area contributed by atoms with E-state index < -0.39 is 11.4 Å². The average molecular weight is 333 g/mol. The summed E-state index contributed by atoms with van der Waals surface area (Å²) in [5.41, 5.74) is -0.630. The highest BCUT2D eigenvalue weighted by Crippen LogP contribution is 2.22. The molecular formula is C22H36O2. The molecule has 136 valence electrons. The maximum absolute atomic E-state index is 11.0. The molecule has 0 aromatic carbocycles. The lowest BCUT2D eigenvalue weighted by Gasteiger charge is -2.17. The predicted octanol–water partition coefficient (Wildman–Crippen LogP) is 6.85. The number of unbranched alkanes of at least 4 members (excludes halogenated alkanes) is 3. The Morgan fingerprint density at radius 2 is 1.25 bits per heavy atom. The summed E-state index contributed by atoms with van der Waals surface area (Å²) in [6.45, 7) is 5.78. The van der Waals surface area contributed by atoms with Crippen LogP contribution in [0, 0.1) is 5.41 Å². The predicted molar refractivity (Wildman–Crippen MR) is 105 cm³/mol. The Labute approximate surface area is 149 Å². The monoisotopic (exact) mass is 332 g/mol. The summed E-state index contributed by atoms with van der Waals surface area (Å²) in [5.74, 6) is -0.724. The fourth-order valence-electron chi connectivity index (χ4n) is 2.11. The second-order valence-corrected chi connectivity index (χ2v) is 6.82. The smallest absolute Gasteiger partial charge is 0.309 e. The Kier molecular flexibility index (Phi) is 14.0. The van der Waals surface area contributed by atoms with Gasteiger partial charge in [0, 0.05) is 0 Å². The normalized spacial score (nSPS) is 13.1. The van der Waals surface area contributed by atoms with Crippen molar-refractivity contribution >= 4 is 5.97 Å². The van der Waals surface area contributed by atoms with Gasteiger partial charge in [0.25, 0.3) is 0 Å². The molecule has 1 N–H and O–H groups in total. The summed E-state index contributed by atoms with van der Waals surface area (Å²) in [6, 6.07) is 0. The van der Waals surface area contributed by atoms with Gasteiger partial charge < -0.3 is 5.11 Å². The summed E-state index contributed by atoms with van der Waals surface area (Å²) in [7, 11) is 0. The molecule has 0 unspecified atom stereocenters. The lowest BCUT2D eigenvalue weighted by molar-refractivity contribution is -0.147.